The molecule has 0 bridgehead atoms. The van der Waals surface area contributed by atoms with Gasteiger partial charge in [-0.1, -0.05) is 54.6 Å². The maximum Gasteiger partial charge on any atom is 0.355 e. The van der Waals surface area contributed by atoms with Crippen LogP contribution in [-0.4, -0.2) is 27.6 Å². The molecule has 3 rings (SSSR count). The fourth-order valence-corrected chi connectivity index (χ4v) is 3.11. The number of esters is 1. The zero-order chi connectivity index (χ0) is 20.5. The van der Waals surface area contributed by atoms with E-state index in [1.54, 1.807) is 27.7 Å². The van der Waals surface area contributed by atoms with E-state index in [-0.39, 0.29) is 11.4 Å². The number of nitrogens with one attached hydrogen (secondary N) is 1. The van der Waals surface area contributed by atoms with Gasteiger partial charge in [0.2, 0.25) is 0 Å². The van der Waals surface area contributed by atoms with E-state index in [4.69, 9.17) is 4.74 Å². The zero-order valence-corrected chi connectivity index (χ0v) is 16.4. The van der Waals surface area contributed by atoms with Gasteiger partial charge in [0.25, 0.3) is 0 Å². The number of aromatic nitrogens is 1. The Balaban J connectivity index is 2.07. The second kappa shape index (κ2) is 7.35. The SMILES string of the molecule is Cc1c(C(=O)O)[nH]c(C(=O)OC(C)(C)C)c1-c1ccc(-c2ccccc2)cc1. The molecular weight excluding hydrogens is 354 g/mol. The van der Waals surface area contributed by atoms with Crippen molar-refractivity contribution in [2.45, 2.75) is 33.3 Å². The van der Waals surface area contributed by atoms with Crippen LogP contribution in [0.5, 0.6) is 0 Å². The molecule has 0 saturated heterocycles. The summed E-state index contributed by atoms with van der Waals surface area (Å²) in [6, 6.07) is 17.6. The molecule has 0 aliphatic heterocycles. The van der Waals surface area contributed by atoms with Gasteiger partial charge in [-0.05, 0) is 49.9 Å². The van der Waals surface area contributed by atoms with Crippen molar-refractivity contribution in [1.29, 1.82) is 0 Å². The number of carboxylic acid groups (broad SMARTS) is 1. The number of H-pyrrole nitrogens is 1. The minimum Gasteiger partial charge on any atom is -0.477 e. The average molecular weight is 377 g/mol. The van der Waals surface area contributed by atoms with Crippen LogP contribution in [0, 0.1) is 6.92 Å². The van der Waals surface area contributed by atoms with Crippen LogP contribution in [0.4, 0.5) is 0 Å². The Morgan fingerprint density at radius 3 is 1.93 bits per heavy atom. The number of carbonyl (C=O) groups is 2. The lowest BCUT2D eigenvalue weighted by atomic mass is 9.97. The van der Waals surface area contributed by atoms with Crippen molar-refractivity contribution in [3.8, 4) is 22.3 Å². The Morgan fingerprint density at radius 1 is 0.857 bits per heavy atom. The van der Waals surface area contributed by atoms with E-state index < -0.39 is 17.5 Å². The van der Waals surface area contributed by atoms with Crippen molar-refractivity contribution in [3.05, 3.63) is 71.5 Å². The van der Waals surface area contributed by atoms with Crippen molar-refractivity contribution in [1.82, 2.24) is 4.98 Å². The lowest BCUT2D eigenvalue weighted by Crippen LogP contribution is -2.24. The lowest BCUT2D eigenvalue weighted by Gasteiger charge is -2.19. The number of rotatable bonds is 4. The number of carboxylic acids is 1. The number of hydrogen-bond donors (Lipinski definition) is 2. The van der Waals surface area contributed by atoms with E-state index in [0.29, 0.717) is 11.1 Å². The first-order valence-electron chi connectivity index (χ1n) is 9.02. The molecule has 3 aromatic rings. The third kappa shape index (κ3) is 3.98. The summed E-state index contributed by atoms with van der Waals surface area (Å²) >= 11 is 0. The van der Waals surface area contributed by atoms with Crippen molar-refractivity contribution in [2.75, 3.05) is 0 Å². The van der Waals surface area contributed by atoms with Gasteiger partial charge in [0.15, 0.2) is 0 Å². The molecule has 0 aliphatic rings. The first-order valence-corrected chi connectivity index (χ1v) is 9.02. The standard InChI is InChI=1S/C23H23NO4/c1-14-18(17-12-10-16(11-13-17)15-8-6-5-7-9-15)20(24-19(14)21(25)26)22(27)28-23(2,3)4/h5-13,24H,1-4H3,(H,25,26). The molecule has 1 heterocycles. The predicted octanol–water partition coefficient (Wildman–Crippen LogP) is 5.31. The summed E-state index contributed by atoms with van der Waals surface area (Å²) in [5.74, 6) is -1.69. The second-order valence-electron chi connectivity index (χ2n) is 7.63. The number of aromatic amines is 1. The molecule has 0 aliphatic carbocycles. The zero-order valence-electron chi connectivity index (χ0n) is 16.4. The summed E-state index contributed by atoms with van der Waals surface area (Å²) in [6.07, 6.45) is 0. The number of aromatic carboxylic acids is 1. The Kier molecular flexibility index (Phi) is 5.10. The summed E-state index contributed by atoms with van der Waals surface area (Å²) in [7, 11) is 0. The van der Waals surface area contributed by atoms with Crippen molar-refractivity contribution in [3.63, 3.8) is 0 Å². The summed E-state index contributed by atoms with van der Waals surface area (Å²) in [5.41, 5.74) is 3.37. The van der Waals surface area contributed by atoms with Crippen molar-refractivity contribution in [2.24, 2.45) is 0 Å². The highest BCUT2D eigenvalue weighted by Gasteiger charge is 2.27. The molecule has 0 spiro atoms. The van der Waals surface area contributed by atoms with Crippen LogP contribution in [0.2, 0.25) is 0 Å². The van der Waals surface area contributed by atoms with Crippen LogP contribution in [-0.2, 0) is 4.74 Å². The van der Waals surface area contributed by atoms with Gasteiger partial charge < -0.3 is 14.8 Å². The normalized spacial score (nSPS) is 11.3. The van der Waals surface area contributed by atoms with Crippen LogP contribution in [0.3, 0.4) is 0 Å². The Hall–Kier alpha value is -3.34. The van der Waals surface area contributed by atoms with Gasteiger partial charge in [-0.25, -0.2) is 9.59 Å². The molecule has 0 unspecified atom stereocenters. The molecule has 2 N–H and O–H groups in total. The molecule has 1 aromatic heterocycles. The Bertz CT molecular complexity index is 1010. The Labute approximate surface area is 164 Å². The van der Waals surface area contributed by atoms with Gasteiger partial charge in [0, 0.05) is 5.56 Å². The number of benzene rings is 2. The third-order valence-electron chi connectivity index (χ3n) is 4.35. The molecule has 5 nitrogen and oxygen atoms in total. The molecule has 28 heavy (non-hydrogen) atoms. The maximum atomic E-state index is 12.7. The summed E-state index contributed by atoms with van der Waals surface area (Å²) in [4.78, 5) is 27.0. The van der Waals surface area contributed by atoms with E-state index in [1.165, 1.54) is 0 Å². The minimum atomic E-state index is -1.12. The molecule has 5 heteroatoms. The van der Waals surface area contributed by atoms with Gasteiger partial charge in [0.1, 0.15) is 17.0 Å². The Morgan fingerprint density at radius 2 is 1.39 bits per heavy atom. The van der Waals surface area contributed by atoms with Crippen LogP contribution >= 0.6 is 0 Å². The van der Waals surface area contributed by atoms with Crippen LogP contribution in [0.25, 0.3) is 22.3 Å². The van der Waals surface area contributed by atoms with E-state index in [9.17, 15) is 14.7 Å². The van der Waals surface area contributed by atoms with Crippen LogP contribution in [0.1, 0.15) is 47.3 Å². The van der Waals surface area contributed by atoms with Gasteiger partial charge >= 0.3 is 11.9 Å². The first kappa shape index (κ1) is 19.4. The molecule has 0 radical (unpaired) electrons. The van der Waals surface area contributed by atoms with E-state index in [2.05, 4.69) is 4.98 Å². The van der Waals surface area contributed by atoms with Crippen molar-refractivity contribution >= 4 is 11.9 Å². The molecule has 144 valence electrons. The topological polar surface area (TPSA) is 79.4 Å². The molecule has 0 atom stereocenters. The quantitative estimate of drug-likeness (QED) is 0.604. The summed E-state index contributed by atoms with van der Waals surface area (Å²) < 4.78 is 5.46. The predicted molar refractivity (Wildman–Crippen MR) is 109 cm³/mol. The second-order valence-corrected chi connectivity index (χ2v) is 7.63. The molecule has 0 amide bonds. The van der Waals surface area contributed by atoms with Gasteiger partial charge in [0.05, 0.1) is 0 Å². The minimum absolute atomic E-state index is 0.0111. The average Bonchev–Trinajstić information content (AvgIpc) is 2.99. The fraction of sp³-hybridized carbons (Fsp3) is 0.217. The number of hydrogen-bond acceptors (Lipinski definition) is 3. The monoisotopic (exact) mass is 377 g/mol. The first-order chi connectivity index (χ1) is 13.2. The van der Waals surface area contributed by atoms with Gasteiger partial charge in [-0.15, -0.1) is 0 Å². The highest BCUT2D eigenvalue weighted by molar-refractivity contribution is 6.01. The van der Waals surface area contributed by atoms with Crippen LogP contribution < -0.4 is 0 Å². The van der Waals surface area contributed by atoms with E-state index >= 15 is 0 Å². The highest BCUT2D eigenvalue weighted by atomic mass is 16.6. The molecular formula is C23H23NO4. The van der Waals surface area contributed by atoms with Gasteiger partial charge in [-0.2, -0.15) is 0 Å². The lowest BCUT2D eigenvalue weighted by molar-refractivity contribution is 0.00645. The highest BCUT2D eigenvalue weighted by Crippen LogP contribution is 2.33. The number of ether oxygens (including phenoxy) is 1. The number of carbonyl (C=O) groups excluding carboxylic acids is 1. The van der Waals surface area contributed by atoms with Gasteiger partial charge in [-0.3, -0.25) is 0 Å². The molecule has 0 saturated carbocycles. The van der Waals surface area contributed by atoms with E-state index in [0.717, 1.165) is 16.7 Å². The maximum absolute atomic E-state index is 12.7. The summed E-state index contributed by atoms with van der Waals surface area (Å²) in [6.45, 7) is 7.00. The molecule has 2 aromatic carbocycles. The van der Waals surface area contributed by atoms with Crippen molar-refractivity contribution < 1.29 is 19.4 Å². The third-order valence-corrected chi connectivity index (χ3v) is 4.35. The van der Waals surface area contributed by atoms with Crippen LogP contribution in [0.15, 0.2) is 54.6 Å². The molecule has 0 fully saturated rings. The smallest absolute Gasteiger partial charge is 0.355 e. The fourth-order valence-electron chi connectivity index (χ4n) is 3.11. The largest absolute Gasteiger partial charge is 0.477 e. The summed E-state index contributed by atoms with van der Waals surface area (Å²) in [5, 5.41) is 9.47. The van der Waals surface area contributed by atoms with E-state index in [1.807, 2.05) is 54.6 Å².